The van der Waals surface area contributed by atoms with Gasteiger partial charge in [-0.05, 0) is 13.0 Å². The van der Waals surface area contributed by atoms with Crippen molar-refractivity contribution in [3.63, 3.8) is 0 Å². The number of nitrogens with zero attached hydrogens (tertiary/aromatic N) is 3. The third-order valence-electron chi connectivity index (χ3n) is 5.02. The van der Waals surface area contributed by atoms with Crippen molar-refractivity contribution in [3.8, 4) is 0 Å². The van der Waals surface area contributed by atoms with Gasteiger partial charge in [0.05, 0.1) is 18.1 Å². The summed E-state index contributed by atoms with van der Waals surface area (Å²) in [6, 6.07) is -0.292. The van der Waals surface area contributed by atoms with Gasteiger partial charge in [-0.1, -0.05) is 13.8 Å². The zero-order chi connectivity index (χ0) is 17.9. The zero-order valence-electron chi connectivity index (χ0n) is 14.3. The second kappa shape index (κ2) is 5.89. The normalized spacial score (nSPS) is 48.6. The first kappa shape index (κ1) is 17.2. The molecule has 0 amide bonds. The van der Waals surface area contributed by atoms with E-state index in [1.165, 1.54) is 0 Å². The molecule has 0 bridgehead atoms. The fourth-order valence-electron chi connectivity index (χ4n) is 3.56. The van der Waals surface area contributed by atoms with Gasteiger partial charge in [-0.3, -0.25) is 19.1 Å². The summed E-state index contributed by atoms with van der Waals surface area (Å²) in [4.78, 5) is 10.5. The quantitative estimate of drug-likeness (QED) is 0.677. The van der Waals surface area contributed by atoms with Crippen LogP contribution in [0.3, 0.4) is 0 Å². The molecule has 2 fully saturated rings. The smallest absolute Gasteiger partial charge is 0.333 e. The van der Waals surface area contributed by atoms with Crippen LogP contribution < -0.4 is 5.73 Å². The maximum Gasteiger partial charge on any atom is 0.333 e. The number of ether oxygens (including phenoxy) is 1. The third-order valence-corrected chi connectivity index (χ3v) is 7.44. The molecular weight excluding hydrogens is 347 g/mol. The van der Waals surface area contributed by atoms with Gasteiger partial charge in [-0.25, -0.2) is 0 Å². The van der Waals surface area contributed by atoms with Crippen LogP contribution in [0.15, 0.2) is 21.8 Å². The highest BCUT2D eigenvalue weighted by Gasteiger charge is 2.58. The van der Waals surface area contributed by atoms with E-state index in [1.54, 1.807) is 44.3 Å². The molecule has 138 valence electrons. The number of nitrogens with two attached hydrogens (primary N) is 1. The van der Waals surface area contributed by atoms with Crippen LogP contribution in [0.5, 0.6) is 0 Å². The molecule has 4 unspecified atom stereocenters. The van der Waals surface area contributed by atoms with Crippen molar-refractivity contribution < 1.29 is 23.5 Å². The summed E-state index contributed by atoms with van der Waals surface area (Å²) in [6.45, 7) is 5.33. The Balaban J connectivity index is 1.57. The molecule has 0 spiro atoms. The molecule has 3 N–H and O–H groups in total. The topological polar surface area (TPSA) is 119 Å². The minimum absolute atomic E-state index is 0.292. The number of rotatable bonds is 2. The Labute approximate surface area is 146 Å². The molecule has 10 heteroatoms. The van der Waals surface area contributed by atoms with Crippen LogP contribution in [0, 0.1) is 0 Å². The Morgan fingerprint density at radius 1 is 1.32 bits per heavy atom. The first-order valence-corrected chi connectivity index (χ1v) is 10.0. The van der Waals surface area contributed by atoms with Gasteiger partial charge < -0.3 is 25.0 Å². The number of allylic oxidation sites excluding steroid dienone is 1. The summed E-state index contributed by atoms with van der Waals surface area (Å²) in [5.41, 5.74) is 6.28. The maximum absolute atomic E-state index is 12.8. The lowest BCUT2D eigenvalue weighted by Crippen LogP contribution is -2.50. The van der Waals surface area contributed by atoms with Gasteiger partial charge >= 0.3 is 7.60 Å². The highest BCUT2D eigenvalue weighted by Crippen LogP contribution is 2.60. The zero-order valence-corrected chi connectivity index (χ0v) is 15.2. The van der Waals surface area contributed by atoms with Crippen molar-refractivity contribution in [2.45, 2.75) is 69.3 Å². The van der Waals surface area contributed by atoms with Crippen molar-refractivity contribution in [1.82, 2.24) is 4.90 Å². The van der Waals surface area contributed by atoms with E-state index in [2.05, 4.69) is 9.98 Å². The van der Waals surface area contributed by atoms with Crippen LogP contribution in [0.2, 0.25) is 0 Å². The number of hydrogen-bond acceptors (Lipinski definition) is 9. The predicted molar refractivity (Wildman–Crippen MR) is 91.5 cm³/mol. The van der Waals surface area contributed by atoms with Crippen molar-refractivity contribution in [2.75, 3.05) is 0 Å². The van der Waals surface area contributed by atoms with Crippen molar-refractivity contribution >= 4 is 20.1 Å². The van der Waals surface area contributed by atoms with Crippen molar-refractivity contribution in [3.05, 3.63) is 11.8 Å². The summed E-state index contributed by atoms with van der Waals surface area (Å²) in [6.07, 6.45) is 1.14. The van der Waals surface area contributed by atoms with E-state index in [4.69, 9.17) is 19.5 Å². The number of aliphatic hydroxyl groups excluding tert-OH is 1. The SMILES string of the molecule is CC1OP(=O)(C(C)C)O[C@H]2[C@@H](O)[C@H](N3C=NC4C(N)=CC=NC43)O[C@H]12. The highest BCUT2D eigenvalue weighted by molar-refractivity contribution is 7.54. The van der Waals surface area contributed by atoms with E-state index < -0.39 is 38.2 Å². The lowest BCUT2D eigenvalue weighted by molar-refractivity contribution is -0.103. The Bertz CT molecular complexity index is 695. The van der Waals surface area contributed by atoms with Gasteiger partial charge in [-0.2, -0.15) is 0 Å². The first-order valence-electron chi connectivity index (χ1n) is 8.41. The molecule has 4 aliphatic heterocycles. The lowest BCUT2D eigenvalue weighted by atomic mass is 10.1. The molecule has 0 saturated carbocycles. The van der Waals surface area contributed by atoms with E-state index in [0.717, 1.165) is 0 Å². The first-order chi connectivity index (χ1) is 11.8. The number of dihydropyridines is 1. The van der Waals surface area contributed by atoms with Crippen LogP contribution in [0.25, 0.3) is 0 Å². The van der Waals surface area contributed by atoms with Gasteiger partial charge in [0.25, 0.3) is 0 Å². The Hall–Kier alpha value is -1.25. The van der Waals surface area contributed by atoms with Crippen LogP contribution in [-0.2, 0) is 18.3 Å². The largest absolute Gasteiger partial charge is 0.400 e. The summed E-state index contributed by atoms with van der Waals surface area (Å²) in [5, 5.41) is 10.8. The Morgan fingerprint density at radius 3 is 2.80 bits per heavy atom. The molecule has 0 aromatic carbocycles. The fraction of sp³-hybridized carbons (Fsp3) is 0.733. The molecule has 4 rings (SSSR count). The number of hydrogen-bond donors (Lipinski definition) is 2. The van der Waals surface area contributed by atoms with E-state index in [0.29, 0.717) is 5.70 Å². The second-order valence-corrected chi connectivity index (χ2v) is 9.57. The molecule has 4 aliphatic rings. The van der Waals surface area contributed by atoms with Gasteiger partial charge in [0.1, 0.15) is 24.4 Å². The Kier molecular flexibility index (Phi) is 4.05. The molecule has 0 aliphatic carbocycles. The van der Waals surface area contributed by atoms with Crippen molar-refractivity contribution in [2.24, 2.45) is 15.7 Å². The predicted octanol–water partition coefficient (Wildman–Crippen LogP) is 0.443. The van der Waals surface area contributed by atoms with E-state index >= 15 is 0 Å². The monoisotopic (exact) mass is 370 g/mol. The average Bonchev–Trinajstić information content (AvgIpc) is 3.11. The average molecular weight is 370 g/mol. The molecular formula is C15H23N4O5P. The molecule has 4 heterocycles. The standard InChI is InChI=1S/C15H23N4O5P/c1-7(2)25(21)23-8(3)12-13(24-25)11(20)15(22-12)19-6-18-10-9(16)4-5-17-14(10)19/h4-8,10-15,20H,16H2,1-3H3/t8?,10?,11-,12-,13+,14?,15-,25?/m1/s1. The highest BCUT2D eigenvalue weighted by atomic mass is 31.2. The number of aliphatic imine (C=N–C) groups is 2. The molecule has 25 heavy (non-hydrogen) atoms. The molecule has 0 aromatic heterocycles. The summed E-state index contributed by atoms with van der Waals surface area (Å²) < 4.78 is 30.2. The van der Waals surface area contributed by atoms with E-state index in [9.17, 15) is 9.67 Å². The molecule has 9 nitrogen and oxygen atoms in total. The van der Waals surface area contributed by atoms with Gasteiger partial charge in [-0.15, -0.1) is 0 Å². The molecule has 0 aromatic rings. The summed E-state index contributed by atoms with van der Waals surface area (Å²) in [5.74, 6) is 0. The van der Waals surface area contributed by atoms with Crippen molar-refractivity contribution in [1.29, 1.82) is 0 Å². The summed E-state index contributed by atoms with van der Waals surface area (Å²) >= 11 is 0. The molecule has 0 radical (unpaired) electrons. The van der Waals surface area contributed by atoms with E-state index in [1.807, 2.05) is 0 Å². The van der Waals surface area contributed by atoms with Gasteiger partial charge in [0.15, 0.2) is 12.4 Å². The summed E-state index contributed by atoms with van der Waals surface area (Å²) in [7, 11) is -3.30. The fourth-order valence-corrected chi connectivity index (χ4v) is 5.26. The second-order valence-electron chi connectivity index (χ2n) is 7.03. The third kappa shape index (κ3) is 2.57. The maximum atomic E-state index is 12.8. The molecule has 2 saturated heterocycles. The Morgan fingerprint density at radius 2 is 2.08 bits per heavy atom. The van der Waals surface area contributed by atoms with Crippen LogP contribution in [0.4, 0.5) is 0 Å². The van der Waals surface area contributed by atoms with Crippen LogP contribution >= 0.6 is 7.60 Å². The van der Waals surface area contributed by atoms with Crippen LogP contribution in [-0.4, -0.2) is 71.1 Å². The van der Waals surface area contributed by atoms with Gasteiger partial charge in [0, 0.05) is 11.9 Å². The van der Waals surface area contributed by atoms with E-state index in [-0.39, 0.29) is 17.9 Å². The van der Waals surface area contributed by atoms with Crippen LogP contribution in [0.1, 0.15) is 20.8 Å². The minimum Gasteiger partial charge on any atom is -0.400 e. The van der Waals surface area contributed by atoms with Gasteiger partial charge in [0.2, 0.25) is 0 Å². The molecule has 8 atom stereocenters. The minimum atomic E-state index is -3.30. The number of aliphatic hydroxyl groups is 1. The lowest BCUT2D eigenvalue weighted by Gasteiger charge is -2.37. The number of fused-ring (bicyclic) bond motifs is 2.